The topological polar surface area (TPSA) is 80.9 Å². The van der Waals surface area contributed by atoms with Crippen LogP contribution in [0.15, 0.2) is 29.3 Å². The van der Waals surface area contributed by atoms with Gasteiger partial charge in [0.25, 0.3) is 0 Å². The van der Waals surface area contributed by atoms with Crippen molar-refractivity contribution in [1.29, 1.82) is 0 Å². The average Bonchev–Trinajstić information content (AvgIpc) is 2.92. The number of rotatable bonds is 5. The summed E-state index contributed by atoms with van der Waals surface area (Å²) in [6.45, 7) is 6.40. The van der Waals surface area contributed by atoms with Crippen LogP contribution in [0.4, 0.5) is 0 Å². The van der Waals surface area contributed by atoms with Gasteiger partial charge in [-0.2, -0.15) is 0 Å². The molecule has 124 valence electrons. The zero-order valence-electron chi connectivity index (χ0n) is 13.6. The van der Waals surface area contributed by atoms with Crippen LogP contribution in [0, 0.1) is 0 Å². The first kappa shape index (κ1) is 15.8. The van der Waals surface area contributed by atoms with E-state index in [1.807, 2.05) is 18.2 Å². The molecule has 1 aromatic heterocycles. The molecule has 6 nitrogen and oxygen atoms in total. The molecule has 0 aliphatic carbocycles. The molecule has 0 atom stereocenters. The third kappa shape index (κ3) is 4.03. The summed E-state index contributed by atoms with van der Waals surface area (Å²) in [7, 11) is 2.17. The third-order valence-electron chi connectivity index (χ3n) is 4.41. The summed E-state index contributed by atoms with van der Waals surface area (Å²) in [4.78, 5) is 12.2. The lowest BCUT2D eigenvalue weighted by atomic mass is 10.1. The number of hydrogen-bond donors (Lipinski definition) is 3. The summed E-state index contributed by atoms with van der Waals surface area (Å²) in [6.07, 6.45) is 1.03. The van der Waals surface area contributed by atoms with E-state index in [-0.39, 0.29) is 5.88 Å². The van der Waals surface area contributed by atoms with Crippen LogP contribution in [-0.4, -0.2) is 72.0 Å². The van der Waals surface area contributed by atoms with Gasteiger partial charge in [0.2, 0.25) is 0 Å². The van der Waals surface area contributed by atoms with Gasteiger partial charge in [-0.05, 0) is 38.2 Å². The van der Waals surface area contributed by atoms with Crippen molar-refractivity contribution in [2.75, 3.05) is 46.3 Å². The summed E-state index contributed by atoms with van der Waals surface area (Å²) < 4.78 is 0. The predicted molar refractivity (Wildman–Crippen MR) is 94.1 cm³/mol. The zero-order chi connectivity index (χ0) is 16.2. The van der Waals surface area contributed by atoms with Gasteiger partial charge in [-0.1, -0.05) is 0 Å². The molecule has 1 fully saturated rings. The van der Waals surface area contributed by atoms with Crippen molar-refractivity contribution < 1.29 is 5.11 Å². The fourth-order valence-electron chi connectivity index (χ4n) is 2.93. The summed E-state index contributed by atoms with van der Waals surface area (Å²) in [5.74, 6) is 0.728. The molecule has 1 aromatic carbocycles. The van der Waals surface area contributed by atoms with Gasteiger partial charge in [-0.25, -0.2) is 0 Å². The molecule has 1 aliphatic rings. The molecule has 6 heteroatoms. The summed E-state index contributed by atoms with van der Waals surface area (Å²) >= 11 is 0. The lowest BCUT2D eigenvalue weighted by molar-refractivity contribution is 0.153. The van der Waals surface area contributed by atoms with E-state index in [1.54, 1.807) is 6.07 Å². The fourth-order valence-corrected chi connectivity index (χ4v) is 2.93. The number of aliphatic imine (C=N–C) groups is 1. The lowest BCUT2D eigenvalue weighted by Gasteiger charge is -2.32. The van der Waals surface area contributed by atoms with Crippen LogP contribution < -0.4 is 5.73 Å². The largest absolute Gasteiger partial charge is 0.495 e. The third-order valence-corrected chi connectivity index (χ3v) is 4.41. The minimum Gasteiger partial charge on any atom is -0.495 e. The number of aromatic hydroxyl groups is 1. The number of benzene rings is 1. The van der Waals surface area contributed by atoms with Crippen molar-refractivity contribution in [3.63, 3.8) is 0 Å². The Hall–Kier alpha value is -2.05. The molecule has 2 heterocycles. The van der Waals surface area contributed by atoms with Crippen molar-refractivity contribution in [3.8, 4) is 5.88 Å². The number of piperazine rings is 1. The van der Waals surface area contributed by atoms with E-state index < -0.39 is 0 Å². The number of nitrogens with one attached hydrogen (secondary N) is 1. The van der Waals surface area contributed by atoms with Gasteiger partial charge in [-0.3, -0.25) is 4.99 Å². The number of likely N-dealkylation sites (N-methyl/N-ethyl adjacent to an activating group) is 1. The maximum Gasteiger partial charge on any atom is 0.189 e. The van der Waals surface area contributed by atoms with Gasteiger partial charge >= 0.3 is 0 Å². The highest BCUT2D eigenvalue weighted by Gasteiger charge is 2.12. The Morgan fingerprint density at radius 1 is 1.26 bits per heavy atom. The summed E-state index contributed by atoms with van der Waals surface area (Å²) in [5.41, 5.74) is 7.88. The highest BCUT2D eigenvalue weighted by molar-refractivity contribution is 6.00. The number of nitrogens with two attached hydrogens (primary N) is 1. The molecule has 0 spiro atoms. The molecule has 3 rings (SSSR count). The lowest BCUT2D eigenvalue weighted by Crippen LogP contribution is -2.44. The molecule has 0 bridgehead atoms. The number of hydrogen-bond acceptors (Lipinski definition) is 4. The first-order valence-corrected chi connectivity index (χ1v) is 8.15. The van der Waals surface area contributed by atoms with Crippen LogP contribution >= 0.6 is 0 Å². The van der Waals surface area contributed by atoms with E-state index in [0.29, 0.717) is 5.84 Å². The van der Waals surface area contributed by atoms with Crippen molar-refractivity contribution >= 4 is 16.7 Å². The highest BCUT2D eigenvalue weighted by atomic mass is 16.3. The van der Waals surface area contributed by atoms with Crippen LogP contribution in [0.25, 0.3) is 10.9 Å². The Morgan fingerprint density at radius 3 is 2.83 bits per heavy atom. The number of amidine groups is 1. The van der Waals surface area contributed by atoms with Crippen molar-refractivity contribution in [3.05, 3.63) is 29.8 Å². The van der Waals surface area contributed by atoms with Crippen LogP contribution in [-0.2, 0) is 0 Å². The Balaban J connectivity index is 1.52. The minimum atomic E-state index is 0.167. The summed E-state index contributed by atoms with van der Waals surface area (Å²) in [5, 5.41) is 10.4. The van der Waals surface area contributed by atoms with Gasteiger partial charge in [0.1, 0.15) is 5.84 Å². The van der Waals surface area contributed by atoms with E-state index in [0.717, 1.165) is 62.2 Å². The standard InChI is InChI=1S/C17H25N5O/c1-21-7-9-22(10-8-21)6-2-5-19-17(18)13-3-4-15-14(11-13)12-16(23)20-15/h3-4,11-12,20,23H,2,5-10H2,1H3,(H2,18,19). The second-order valence-electron chi connectivity index (χ2n) is 6.22. The van der Waals surface area contributed by atoms with Crippen LogP contribution in [0.3, 0.4) is 0 Å². The first-order chi connectivity index (χ1) is 11.1. The summed E-state index contributed by atoms with van der Waals surface area (Å²) in [6, 6.07) is 7.49. The molecule has 4 N–H and O–H groups in total. The van der Waals surface area contributed by atoms with Gasteiger partial charge < -0.3 is 25.6 Å². The quantitative estimate of drug-likeness (QED) is 0.440. The molecule has 0 saturated carbocycles. The maximum atomic E-state index is 9.47. The first-order valence-electron chi connectivity index (χ1n) is 8.15. The number of fused-ring (bicyclic) bond motifs is 1. The maximum absolute atomic E-state index is 9.47. The average molecular weight is 315 g/mol. The highest BCUT2D eigenvalue weighted by Crippen LogP contribution is 2.20. The molecule has 0 unspecified atom stereocenters. The predicted octanol–water partition coefficient (Wildman–Crippen LogP) is 1.22. The Morgan fingerprint density at radius 2 is 2.04 bits per heavy atom. The number of nitrogens with zero attached hydrogens (tertiary/aromatic N) is 3. The second-order valence-corrected chi connectivity index (χ2v) is 6.22. The monoisotopic (exact) mass is 315 g/mol. The Bertz CT molecular complexity index is 685. The van der Waals surface area contributed by atoms with Gasteiger partial charge in [0, 0.05) is 55.3 Å². The SMILES string of the molecule is CN1CCN(CCCN=C(N)c2ccc3[nH]c(O)cc3c2)CC1. The normalized spacial score (nSPS) is 17.9. The van der Waals surface area contributed by atoms with Gasteiger partial charge in [0.05, 0.1) is 0 Å². The number of aromatic nitrogens is 1. The molecule has 23 heavy (non-hydrogen) atoms. The zero-order valence-corrected chi connectivity index (χ0v) is 13.6. The minimum absolute atomic E-state index is 0.167. The smallest absolute Gasteiger partial charge is 0.189 e. The Kier molecular flexibility index (Phi) is 4.83. The molecule has 1 saturated heterocycles. The van der Waals surface area contributed by atoms with Crippen LogP contribution in [0.5, 0.6) is 5.88 Å². The molecular weight excluding hydrogens is 290 g/mol. The Labute approximate surface area is 136 Å². The fraction of sp³-hybridized carbons (Fsp3) is 0.471. The number of H-pyrrole nitrogens is 1. The van der Waals surface area contributed by atoms with E-state index in [9.17, 15) is 5.11 Å². The van der Waals surface area contributed by atoms with Crippen molar-refractivity contribution in [2.24, 2.45) is 10.7 Å². The van der Waals surface area contributed by atoms with Crippen molar-refractivity contribution in [2.45, 2.75) is 6.42 Å². The van der Waals surface area contributed by atoms with Crippen LogP contribution in [0.2, 0.25) is 0 Å². The van der Waals surface area contributed by atoms with Crippen LogP contribution in [0.1, 0.15) is 12.0 Å². The molecule has 0 radical (unpaired) electrons. The molecular formula is C17H25N5O. The second kappa shape index (κ2) is 7.02. The van der Waals surface area contributed by atoms with E-state index >= 15 is 0 Å². The van der Waals surface area contributed by atoms with E-state index in [1.165, 1.54) is 0 Å². The molecule has 2 aromatic rings. The number of aromatic amines is 1. The van der Waals surface area contributed by atoms with Gasteiger partial charge in [-0.15, -0.1) is 0 Å². The van der Waals surface area contributed by atoms with Gasteiger partial charge in [0.15, 0.2) is 5.88 Å². The molecule has 0 amide bonds. The van der Waals surface area contributed by atoms with E-state index in [4.69, 9.17) is 5.73 Å². The molecule has 1 aliphatic heterocycles. The van der Waals surface area contributed by atoms with Crippen molar-refractivity contribution in [1.82, 2.24) is 14.8 Å². The van der Waals surface area contributed by atoms with E-state index in [2.05, 4.69) is 26.8 Å².